The van der Waals surface area contributed by atoms with Crippen molar-refractivity contribution in [1.29, 1.82) is 0 Å². The first-order valence-electron chi connectivity index (χ1n) is 2.84. The molecule has 0 bridgehead atoms. The van der Waals surface area contributed by atoms with Gasteiger partial charge >= 0.3 is 0 Å². The van der Waals surface area contributed by atoms with Crippen molar-refractivity contribution in [2.45, 2.75) is 25.9 Å². The van der Waals surface area contributed by atoms with Gasteiger partial charge in [-0.1, -0.05) is 19.1 Å². The van der Waals surface area contributed by atoms with Crippen LogP contribution >= 0.6 is 0 Å². The van der Waals surface area contributed by atoms with Crippen molar-refractivity contribution in [2.75, 3.05) is 0 Å². The van der Waals surface area contributed by atoms with Gasteiger partial charge in [-0.05, 0) is 13.3 Å². The Morgan fingerprint density at radius 3 is 2.12 bits per heavy atom. The van der Waals surface area contributed by atoms with Crippen molar-refractivity contribution < 1.29 is 0 Å². The van der Waals surface area contributed by atoms with Crippen LogP contribution in [0.15, 0.2) is 12.2 Å². The second kappa shape index (κ2) is 2.84. The number of hydrogen-bond donors (Lipinski definition) is 2. The summed E-state index contributed by atoms with van der Waals surface area (Å²) >= 11 is 0. The lowest BCUT2D eigenvalue weighted by Crippen LogP contribution is -2.46. The summed E-state index contributed by atoms with van der Waals surface area (Å²) in [7, 11) is 0. The fraction of sp³-hybridized carbons (Fsp3) is 0.667. The third-order valence-corrected chi connectivity index (χ3v) is 1.09. The highest BCUT2D eigenvalue weighted by atomic mass is 14.9. The monoisotopic (exact) mass is 114 g/mol. The summed E-state index contributed by atoms with van der Waals surface area (Å²) in [6.45, 7) is 3.87. The van der Waals surface area contributed by atoms with Gasteiger partial charge in [-0.2, -0.15) is 0 Å². The predicted molar refractivity (Wildman–Crippen MR) is 36.2 cm³/mol. The van der Waals surface area contributed by atoms with Gasteiger partial charge < -0.3 is 11.5 Å². The summed E-state index contributed by atoms with van der Waals surface area (Å²) < 4.78 is 0. The van der Waals surface area contributed by atoms with Gasteiger partial charge in [-0.15, -0.1) is 0 Å². The zero-order chi connectivity index (χ0) is 6.62. The smallest absolute Gasteiger partial charge is 0.0825 e. The maximum absolute atomic E-state index is 5.52. The molecule has 0 saturated carbocycles. The van der Waals surface area contributed by atoms with E-state index in [0.29, 0.717) is 0 Å². The first-order chi connectivity index (χ1) is 3.62. The quantitative estimate of drug-likeness (QED) is 0.407. The molecule has 0 rings (SSSR count). The molecule has 4 N–H and O–H groups in total. The minimum Gasteiger partial charge on any atom is -0.310 e. The van der Waals surface area contributed by atoms with Crippen LogP contribution in [0.1, 0.15) is 20.3 Å². The van der Waals surface area contributed by atoms with Crippen molar-refractivity contribution in [2.24, 2.45) is 11.5 Å². The lowest BCUT2D eigenvalue weighted by molar-refractivity contribution is 0.533. The van der Waals surface area contributed by atoms with E-state index in [2.05, 4.69) is 0 Å². The molecule has 0 aromatic rings. The largest absolute Gasteiger partial charge is 0.310 e. The van der Waals surface area contributed by atoms with Crippen molar-refractivity contribution in [3.05, 3.63) is 12.2 Å². The highest BCUT2D eigenvalue weighted by molar-refractivity contribution is 4.97. The van der Waals surface area contributed by atoms with Crippen LogP contribution in [0.25, 0.3) is 0 Å². The summed E-state index contributed by atoms with van der Waals surface area (Å²) in [5.74, 6) is 0. The number of allylic oxidation sites excluding steroid dienone is 1. The molecule has 0 amide bonds. The Morgan fingerprint density at radius 2 is 2.00 bits per heavy atom. The van der Waals surface area contributed by atoms with Gasteiger partial charge in [-0.25, -0.2) is 0 Å². The van der Waals surface area contributed by atoms with Gasteiger partial charge in [0.2, 0.25) is 0 Å². The Hall–Kier alpha value is -0.340. The van der Waals surface area contributed by atoms with Gasteiger partial charge in [0.15, 0.2) is 0 Å². The Labute approximate surface area is 50.6 Å². The van der Waals surface area contributed by atoms with E-state index in [1.807, 2.05) is 19.9 Å². The Morgan fingerprint density at radius 1 is 1.50 bits per heavy atom. The molecular formula is C6H14N2. The van der Waals surface area contributed by atoms with Crippen LogP contribution in [0.3, 0.4) is 0 Å². The average molecular weight is 114 g/mol. The maximum atomic E-state index is 5.52. The van der Waals surface area contributed by atoms with E-state index < -0.39 is 5.66 Å². The normalized spacial score (nSPS) is 13.0. The second-order valence-electron chi connectivity index (χ2n) is 1.97. The molecule has 0 aromatic heterocycles. The molecule has 48 valence electrons. The van der Waals surface area contributed by atoms with Gasteiger partial charge in [0, 0.05) is 0 Å². The van der Waals surface area contributed by atoms with Crippen LogP contribution in [-0.2, 0) is 0 Å². The van der Waals surface area contributed by atoms with Crippen molar-refractivity contribution in [3.63, 3.8) is 0 Å². The maximum Gasteiger partial charge on any atom is 0.0825 e. The number of rotatable bonds is 2. The minimum absolute atomic E-state index is 0.589. The Balaban J connectivity index is 3.71. The molecule has 0 aliphatic carbocycles. The predicted octanol–water partition coefficient (Wildman–Crippen LogP) is 0.586. The zero-order valence-electron chi connectivity index (χ0n) is 5.52. The van der Waals surface area contributed by atoms with Gasteiger partial charge in [0.25, 0.3) is 0 Å². The van der Waals surface area contributed by atoms with E-state index in [1.165, 1.54) is 0 Å². The summed E-state index contributed by atoms with van der Waals surface area (Å²) in [6, 6.07) is 0. The molecule has 0 radical (unpaired) electrons. The molecule has 0 spiro atoms. The van der Waals surface area contributed by atoms with E-state index >= 15 is 0 Å². The third kappa shape index (κ3) is 2.77. The standard InChI is InChI=1S/C6H14N2/c1-3-5-6(7,8)4-2/h3,5H,4,7-8H2,1-2H3. The van der Waals surface area contributed by atoms with Crippen molar-refractivity contribution in [1.82, 2.24) is 0 Å². The third-order valence-electron chi connectivity index (χ3n) is 1.09. The topological polar surface area (TPSA) is 52.0 Å². The van der Waals surface area contributed by atoms with Crippen LogP contribution in [0.2, 0.25) is 0 Å². The van der Waals surface area contributed by atoms with E-state index in [0.717, 1.165) is 6.42 Å². The van der Waals surface area contributed by atoms with Crippen LogP contribution in [0.4, 0.5) is 0 Å². The molecule has 0 atom stereocenters. The molecular weight excluding hydrogens is 100 g/mol. The zero-order valence-corrected chi connectivity index (χ0v) is 5.52. The number of hydrogen-bond acceptors (Lipinski definition) is 2. The molecule has 0 fully saturated rings. The summed E-state index contributed by atoms with van der Waals surface area (Å²) in [6.07, 6.45) is 4.44. The van der Waals surface area contributed by atoms with Gasteiger partial charge in [-0.3, -0.25) is 0 Å². The summed E-state index contributed by atoms with van der Waals surface area (Å²) in [5, 5.41) is 0. The van der Waals surface area contributed by atoms with Crippen LogP contribution in [0.5, 0.6) is 0 Å². The van der Waals surface area contributed by atoms with Crippen LogP contribution < -0.4 is 11.5 Å². The second-order valence-corrected chi connectivity index (χ2v) is 1.97. The highest BCUT2D eigenvalue weighted by Gasteiger charge is 2.08. The first-order valence-corrected chi connectivity index (χ1v) is 2.84. The molecule has 0 aromatic carbocycles. The minimum atomic E-state index is -0.589. The Kier molecular flexibility index (Phi) is 2.72. The Bertz CT molecular complexity index is 84.5. The molecule has 0 aliphatic rings. The van der Waals surface area contributed by atoms with E-state index in [1.54, 1.807) is 6.08 Å². The van der Waals surface area contributed by atoms with Crippen molar-refractivity contribution in [3.8, 4) is 0 Å². The molecule has 0 saturated heterocycles. The summed E-state index contributed by atoms with van der Waals surface area (Å²) in [5.41, 5.74) is 10.4. The van der Waals surface area contributed by atoms with Crippen LogP contribution in [-0.4, -0.2) is 5.66 Å². The SMILES string of the molecule is CC=CC(N)(N)CC. The number of nitrogens with two attached hydrogens (primary N) is 2. The van der Waals surface area contributed by atoms with Crippen LogP contribution in [0, 0.1) is 0 Å². The fourth-order valence-corrected chi connectivity index (χ4v) is 0.428. The lowest BCUT2D eigenvalue weighted by atomic mass is 10.1. The average Bonchev–Trinajstić information content (AvgIpc) is 1.67. The highest BCUT2D eigenvalue weighted by Crippen LogP contribution is 1.97. The van der Waals surface area contributed by atoms with Gasteiger partial charge in [0.1, 0.15) is 0 Å². The molecule has 2 nitrogen and oxygen atoms in total. The molecule has 0 unspecified atom stereocenters. The fourth-order valence-electron chi connectivity index (χ4n) is 0.428. The molecule has 2 heteroatoms. The first kappa shape index (κ1) is 7.66. The van der Waals surface area contributed by atoms with Crippen molar-refractivity contribution >= 4 is 0 Å². The lowest BCUT2D eigenvalue weighted by Gasteiger charge is -2.16. The summed E-state index contributed by atoms with van der Waals surface area (Å²) in [4.78, 5) is 0. The molecule has 0 aliphatic heterocycles. The molecule has 0 heterocycles. The van der Waals surface area contributed by atoms with Gasteiger partial charge in [0.05, 0.1) is 5.66 Å². The van der Waals surface area contributed by atoms with E-state index in [4.69, 9.17) is 11.5 Å². The van der Waals surface area contributed by atoms with E-state index in [9.17, 15) is 0 Å². The van der Waals surface area contributed by atoms with E-state index in [-0.39, 0.29) is 0 Å². The molecule has 8 heavy (non-hydrogen) atoms.